The first-order chi connectivity index (χ1) is 8.52. The van der Waals surface area contributed by atoms with Gasteiger partial charge in [-0.1, -0.05) is 18.5 Å². The zero-order valence-electron chi connectivity index (χ0n) is 11.2. The van der Waals surface area contributed by atoms with Gasteiger partial charge < -0.3 is 0 Å². The first-order valence-corrected chi connectivity index (χ1v) is 7.33. The van der Waals surface area contributed by atoms with Gasteiger partial charge in [0.15, 0.2) is 0 Å². The molecule has 2 aromatic rings. The minimum absolute atomic E-state index is 0.585. The van der Waals surface area contributed by atoms with Crippen molar-refractivity contribution >= 4 is 33.2 Å². The molecule has 0 amide bonds. The maximum Gasteiger partial charge on any atom is 0.145 e. The first kappa shape index (κ1) is 13.7. The predicted molar refractivity (Wildman–Crippen MR) is 78.5 cm³/mol. The van der Waals surface area contributed by atoms with Crippen LogP contribution in [0.25, 0.3) is 10.2 Å². The van der Waals surface area contributed by atoms with E-state index in [1.165, 1.54) is 10.4 Å². The normalized spacial score (nSPS) is 11.7. The Morgan fingerprint density at radius 3 is 2.67 bits per heavy atom. The molecular weight excluding hydrogens is 266 g/mol. The van der Waals surface area contributed by atoms with Gasteiger partial charge in [0, 0.05) is 4.88 Å². The van der Waals surface area contributed by atoms with Crippen LogP contribution in [-0.2, 0) is 6.54 Å². The highest BCUT2D eigenvalue weighted by molar-refractivity contribution is 7.18. The molecule has 98 valence electrons. The van der Waals surface area contributed by atoms with Crippen molar-refractivity contribution in [2.45, 2.75) is 33.7 Å². The van der Waals surface area contributed by atoms with E-state index in [9.17, 15) is 0 Å². The van der Waals surface area contributed by atoms with Crippen LogP contribution in [0.15, 0.2) is 0 Å². The number of hydrogen-bond acceptors (Lipinski definition) is 4. The molecule has 0 aliphatic rings. The Morgan fingerprint density at radius 1 is 1.28 bits per heavy atom. The summed E-state index contributed by atoms with van der Waals surface area (Å²) in [6.07, 6.45) is 1.13. The number of fused-ring (bicyclic) bond motifs is 1. The second-order valence-corrected chi connectivity index (χ2v) is 6.19. The Kier molecular flexibility index (Phi) is 4.20. The van der Waals surface area contributed by atoms with E-state index in [1.807, 2.05) is 0 Å². The highest BCUT2D eigenvalue weighted by Gasteiger charge is 2.13. The molecule has 0 N–H and O–H groups in total. The number of aryl methyl sites for hydroxylation is 2. The van der Waals surface area contributed by atoms with E-state index in [-0.39, 0.29) is 0 Å². The molecule has 5 heteroatoms. The number of nitrogens with zero attached hydrogens (tertiary/aromatic N) is 3. The minimum Gasteiger partial charge on any atom is -0.299 e. The van der Waals surface area contributed by atoms with E-state index in [1.54, 1.807) is 11.3 Å². The first-order valence-electron chi connectivity index (χ1n) is 6.13. The lowest BCUT2D eigenvalue weighted by atomic mass is 10.2. The maximum absolute atomic E-state index is 6.28. The SMILES string of the molecule is CCCN(C)Cc1nc(Cl)c2c(C)c(C)sc2n1. The maximum atomic E-state index is 6.28. The predicted octanol–water partition coefficient (Wildman–Crippen LogP) is 3.80. The molecular formula is C13H18ClN3S. The number of aromatic nitrogens is 2. The third-order valence-corrected chi connectivity index (χ3v) is 4.42. The summed E-state index contributed by atoms with van der Waals surface area (Å²) in [4.78, 5) is 13.5. The van der Waals surface area contributed by atoms with E-state index in [2.05, 4.69) is 42.7 Å². The molecule has 0 unspecified atom stereocenters. The van der Waals surface area contributed by atoms with Crippen molar-refractivity contribution in [2.75, 3.05) is 13.6 Å². The summed E-state index contributed by atoms with van der Waals surface area (Å²) in [5.74, 6) is 0.810. The van der Waals surface area contributed by atoms with Crippen LogP contribution >= 0.6 is 22.9 Å². The third-order valence-electron chi connectivity index (χ3n) is 3.05. The fraction of sp³-hybridized carbons (Fsp3) is 0.538. The zero-order valence-corrected chi connectivity index (χ0v) is 12.8. The van der Waals surface area contributed by atoms with Gasteiger partial charge in [0.2, 0.25) is 0 Å². The summed E-state index contributed by atoms with van der Waals surface area (Å²) in [7, 11) is 2.08. The van der Waals surface area contributed by atoms with Gasteiger partial charge in [-0.3, -0.25) is 4.90 Å². The highest BCUT2D eigenvalue weighted by Crippen LogP contribution is 2.32. The van der Waals surface area contributed by atoms with Gasteiger partial charge in [-0.2, -0.15) is 0 Å². The van der Waals surface area contributed by atoms with Gasteiger partial charge in [0.05, 0.1) is 11.9 Å². The van der Waals surface area contributed by atoms with E-state index < -0.39 is 0 Å². The summed E-state index contributed by atoms with van der Waals surface area (Å²) in [6, 6.07) is 0. The quantitative estimate of drug-likeness (QED) is 0.799. The summed E-state index contributed by atoms with van der Waals surface area (Å²) < 4.78 is 0. The number of thiophene rings is 1. The van der Waals surface area contributed by atoms with Crippen molar-refractivity contribution in [1.82, 2.24) is 14.9 Å². The molecule has 18 heavy (non-hydrogen) atoms. The largest absolute Gasteiger partial charge is 0.299 e. The van der Waals surface area contributed by atoms with Crippen LogP contribution in [0.1, 0.15) is 29.6 Å². The summed E-state index contributed by atoms with van der Waals surface area (Å²) in [5.41, 5.74) is 1.20. The van der Waals surface area contributed by atoms with Gasteiger partial charge >= 0.3 is 0 Å². The van der Waals surface area contributed by atoms with Crippen molar-refractivity contribution in [3.8, 4) is 0 Å². The molecule has 2 rings (SSSR count). The molecule has 0 fully saturated rings. The summed E-state index contributed by atoms with van der Waals surface area (Å²) in [6.45, 7) is 8.13. The van der Waals surface area contributed by atoms with E-state index >= 15 is 0 Å². The molecule has 0 aliphatic heterocycles. The molecule has 2 heterocycles. The van der Waals surface area contributed by atoms with E-state index in [0.717, 1.165) is 35.6 Å². The highest BCUT2D eigenvalue weighted by atomic mass is 35.5. The third kappa shape index (κ3) is 2.66. The van der Waals surface area contributed by atoms with Crippen LogP contribution in [0.5, 0.6) is 0 Å². The van der Waals surface area contributed by atoms with Crippen molar-refractivity contribution < 1.29 is 0 Å². The van der Waals surface area contributed by atoms with Gasteiger partial charge in [0.25, 0.3) is 0 Å². The molecule has 0 radical (unpaired) electrons. The van der Waals surface area contributed by atoms with Crippen LogP contribution < -0.4 is 0 Å². The van der Waals surface area contributed by atoms with E-state index in [0.29, 0.717) is 5.15 Å². The lowest BCUT2D eigenvalue weighted by molar-refractivity contribution is 0.319. The topological polar surface area (TPSA) is 29.0 Å². The molecule has 0 aromatic carbocycles. The smallest absolute Gasteiger partial charge is 0.145 e. The second-order valence-electron chi connectivity index (χ2n) is 4.63. The standard InChI is InChI=1S/C13H18ClN3S/c1-5-6-17(4)7-10-15-12(14)11-8(2)9(3)18-13(11)16-10/h5-7H2,1-4H3. The van der Waals surface area contributed by atoms with Crippen molar-refractivity contribution in [2.24, 2.45) is 0 Å². The molecule has 0 bridgehead atoms. The Labute approximate surface area is 117 Å². The molecule has 0 atom stereocenters. The molecule has 3 nitrogen and oxygen atoms in total. The fourth-order valence-electron chi connectivity index (χ4n) is 2.02. The fourth-order valence-corrected chi connectivity index (χ4v) is 3.45. The van der Waals surface area contributed by atoms with Crippen molar-refractivity contribution in [1.29, 1.82) is 0 Å². The van der Waals surface area contributed by atoms with E-state index in [4.69, 9.17) is 11.6 Å². The number of hydrogen-bond donors (Lipinski definition) is 0. The van der Waals surface area contributed by atoms with Crippen LogP contribution in [0.4, 0.5) is 0 Å². The lowest BCUT2D eigenvalue weighted by Gasteiger charge is -2.14. The Balaban J connectivity index is 2.37. The lowest BCUT2D eigenvalue weighted by Crippen LogP contribution is -2.20. The van der Waals surface area contributed by atoms with Crippen molar-refractivity contribution in [3.05, 3.63) is 21.4 Å². The zero-order chi connectivity index (χ0) is 13.3. The Bertz CT molecular complexity index is 565. The Morgan fingerprint density at radius 2 is 2.00 bits per heavy atom. The average Bonchev–Trinajstić information content (AvgIpc) is 2.55. The average molecular weight is 284 g/mol. The summed E-state index contributed by atoms with van der Waals surface area (Å²) >= 11 is 7.97. The van der Waals surface area contributed by atoms with Crippen LogP contribution in [-0.4, -0.2) is 28.5 Å². The second kappa shape index (κ2) is 5.51. The molecule has 0 aliphatic carbocycles. The van der Waals surface area contributed by atoms with Gasteiger partial charge in [-0.15, -0.1) is 11.3 Å². The Hall–Kier alpha value is -0.710. The van der Waals surface area contributed by atoms with Crippen LogP contribution in [0.3, 0.4) is 0 Å². The number of rotatable bonds is 4. The molecule has 2 aromatic heterocycles. The minimum atomic E-state index is 0.585. The summed E-state index contributed by atoms with van der Waals surface area (Å²) in [5, 5.41) is 1.60. The molecule has 0 saturated heterocycles. The van der Waals surface area contributed by atoms with Gasteiger partial charge in [0.1, 0.15) is 15.8 Å². The van der Waals surface area contributed by atoms with Crippen LogP contribution in [0.2, 0.25) is 5.15 Å². The number of halogens is 1. The van der Waals surface area contributed by atoms with Crippen LogP contribution in [0, 0.1) is 13.8 Å². The van der Waals surface area contributed by atoms with Gasteiger partial charge in [-0.25, -0.2) is 9.97 Å². The van der Waals surface area contributed by atoms with Gasteiger partial charge in [-0.05, 0) is 39.4 Å². The molecule has 0 spiro atoms. The monoisotopic (exact) mass is 283 g/mol. The molecule has 0 saturated carbocycles. The van der Waals surface area contributed by atoms with Crippen molar-refractivity contribution in [3.63, 3.8) is 0 Å².